The predicted molar refractivity (Wildman–Crippen MR) is 120 cm³/mol. The summed E-state index contributed by atoms with van der Waals surface area (Å²) in [6, 6.07) is 0. The maximum atomic E-state index is 11.5. The molecule has 2 aliphatic rings. The number of hydrogen-bond acceptors (Lipinski definition) is 13. The van der Waals surface area contributed by atoms with Gasteiger partial charge >= 0.3 is 15.6 Å². The molecule has 0 spiro atoms. The van der Waals surface area contributed by atoms with Gasteiger partial charge in [0.25, 0.3) is 0 Å². The number of primary amides is 1. The smallest absolute Gasteiger partial charge is 0.387 e. The molecule has 4 rings (SSSR count). The number of aromatic nitrogens is 4. The van der Waals surface area contributed by atoms with Crippen LogP contribution in [0.3, 0.4) is 0 Å². The Balaban J connectivity index is 0.000000338. The number of nitrogen functional groups attached to an aromatic ring is 1. The summed E-state index contributed by atoms with van der Waals surface area (Å²) in [6.07, 6.45) is 1.96. The van der Waals surface area contributed by atoms with Crippen LogP contribution in [0.25, 0.3) is 11.2 Å². The van der Waals surface area contributed by atoms with Crippen molar-refractivity contribution in [2.75, 3.05) is 18.9 Å². The predicted octanol–water partition coefficient (Wildman–Crippen LogP) is -2.02. The minimum absolute atomic E-state index is 0.0856. The SMILES string of the molecule is NC(=O)C1C=CC=NC1.Nc1ncnc2c1ncn2[C@@H]1O[C@H](COP(=O)(O)OP(=O)(O)O)[C@@H](O)[C@H]1O. The second kappa shape index (κ2) is 11.2. The van der Waals surface area contributed by atoms with Crippen molar-refractivity contribution < 1.29 is 52.4 Å². The Hall–Kier alpha value is -2.63. The van der Waals surface area contributed by atoms with Gasteiger partial charge in [0.1, 0.15) is 30.2 Å². The van der Waals surface area contributed by atoms with E-state index < -0.39 is 46.8 Å². The molecular weight excluding hydrogens is 528 g/mol. The highest BCUT2D eigenvalue weighted by Gasteiger charge is 2.46. The van der Waals surface area contributed by atoms with Crippen molar-refractivity contribution in [1.82, 2.24) is 19.5 Å². The zero-order chi connectivity index (χ0) is 26.7. The summed E-state index contributed by atoms with van der Waals surface area (Å²) in [6.45, 7) is -0.307. The van der Waals surface area contributed by atoms with Gasteiger partial charge in [-0.05, 0) is 6.08 Å². The monoisotopic (exact) mass is 551 g/mol. The fraction of sp³-hybridized carbons (Fsp3) is 0.438. The molecular formula is C16H23N7O11P2. The molecule has 0 bridgehead atoms. The van der Waals surface area contributed by atoms with Crippen molar-refractivity contribution in [2.24, 2.45) is 16.6 Å². The van der Waals surface area contributed by atoms with Crippen molar-refractivity contribution in [1.29, 1.82) is 0 Å². The number of rotatable bonds is 7. The lowest BCUT2D eigenvalue weighted by Crippen LogP contribution is -2.33. The first-order valence-electron chi connectivity index (χ1n) is 9.94. The lowest BCUT2D eigenvalue weighted by molar-refractivity contribution is -0.120. The average Bonchev–Trinajstić information content (AvgIpc) is 3.34. The quantitative estimate of drug-likeness (QED) is 0.183. The van der Waals surface area contributed by atoms with Gasteiger partial charge in [0, 0.05) is 6.21 Å². The summed E-state index contributed by atoms with van der Waals surface area (Å²) >= 11 is 0. The first-order chi connectivity index (χ1) is 16.8. The van der Waals surface area contributed by atoms with Gasteiger partial charge < -0.3 is 41.1 Å². The van der Waals surface area contributed by atoms with Crippen molar-refractivity contribution in [3.05, 3.63) is 24.8 Å². The second-order valence-corrected chi connectivity index (χ2v) is 10.2. The number of nitrogens with zero attached hydrogens (tertiary/aromatic N) is 5. The van der Waals surface area contributed by atoms with E-state index in [9.17, 15) is 29.0 Å². The van der Waals surface area contributed by atoms with Gasteiger partial charge in [-0.2, -0.15) is 4.31 Å². The van der Waals surface area contributed by atoms with Crippen molar-refractivity contribution >= 4 is 44.7 Å². The number of imidazole rings is 1. The van der Waals surface area contributed by atoms with Crippen LogP contribution >= 0.6 is 15.6 Å². The van der Waals surface area contributed by atoms with Crippen molar-refractivity contribution in [3.63, 3.8) is 0 Å². The molecule has 9 N–H and O–H groups in total. The van der Waals surface area contributed by atoms with Gasteiger partial charge in [0.15, 0.2) is 17.7 Å². The number of aliphatic hydroxyl groups is 2. The zero-order valence-corrected chi connectivity index (χ0v) is 19.9. The van der Waals surface area contributed by atoms with E-state index in [0.29, 0.717) is 6.54 Å². The van der Waals surface area contributed by atoms with Gasteiger partial charge in [-0.3, -0.25) is 18.9 Å². The van der Waals surface area contributed by atoms with E-state index in [4.69, 9.17) is 26.0 Å². The van der Waals surface area contributed by atoms with Gasteiger partial charge in [0.05, 0.1) is 25.4 Å². The van der Waals surface area contributed by atoms with Crippen LogP contribution < -0.4 is 11.5 Å². The molecule has 18 nitrogen and oxygen atoms in total. The molecule has 2 aromatic heterocycles. The molecule has 2 aliphatic heterocycles. The third-order valence-corrected chi connectivity index (χ3v) is 6.96. The van der Waals surface area contributed by atoms with E-state index in [1.54, 1.807) is 18.4 Å². The van der Waals surface area contributed by atoms with Gasteiger partial charge in [-0.25, -0.2) is 24.1 Å². The molecule has 1 saturated heterocycles. The molecule has 0 aromatic carbocycles. The van der Waals surface area contributed by atoms with Crippen molar-refractivity contribution in [3.8, 4) is 0 Å². The van der Waals surface area contributed by atoms with Gasteiger partial charge in [0.2, 0.25) is 5.91 Å². The van der Waals surface area contributed by atoms with Crippen LogP contribution in [0.5, 0.6) is 0 Å². The first-order valence-corrected chi connectivity index (χ1v) is 13.0. The molecule has 2 unspecified atom stereocenters. The summed E-state index contributed by atoms with van der Waals surface area (Å²) in [5, 5.41) is 20.3. The Kier molecular flexibility index (Phi) is 8.68. The van der Waals surface area contributed by atoms with E-state index in [1.165, 1.54) is 10.9 Å². The molecule has 4 heterocycles. The Morgan fingerprint density at radius 2 is 1.92 bits per heavy atom. The number of amides is 1. The number of aliphatic hydroxyl groups excluding tert-OH is 2. The lowest BCUT2D eigenvalue weighted by Gasteiger charge is -2.17. The van der Waals surface area contributed by atoms with Crippen LogP contribution in [0.4, 0.5) is 5.82 Å². The highest BCUT2D eigenvalue weighted by molar-refractivity contribution is 7.60. The van der Waals surface area contributed by atoms with Gasteiger partial charge in [-0.15, -0.1) is 0 Å². The fourth-order valence-corrected chi connectivity index (χ4v) is 4.74. The van der Waals surface area contributed by atoms with Crippen LogP contribution in [0.15, 0.2) is 29.8 Å². The third-order valence-electron chi connectivity index (χ3n) is 4.81. The highest BCUT2D eigenvalue weighted by atomic mass is 31.3. The molecule has 0 radical (unpaired) electrons. The van der Waals surface area contributed by atoms with E-state index in [-0.39, 0.29) is 28.8 Å². The first kappa shape index (κ1) is 27.9. The zero-order valence-electron chi connectivity index (χ0n) is 18.2. The molecule has 1 fully saturated rings. The summed E-state index contributed by atoms with van der Waals surface area (Å²) in [7, 11) is -10.4. The minimum Gasteiger partial charge on any atom is -0.387 e. The number of fused-ring (bicyclic) bond motifs is 1. The van der Waals surface area contributed by atoms with E-state index in [0.717, 1.165) is 6.33 Å². The average molecular weight is 551 g/mol. The van der Waals surface area contributed by atoms with E-state index >= 15 is 0 Å². The number of dihydropyridines is 1. The minimum atomic E-state index is -5.29. The molecule has 0 saturated carbocycles. The topological polar surface area (TPSA) is 288 Å². The number of phosphoric ester groups is 1. The summed E-state index contributed by atoms with van der Waals surface area (Å²) in [5.41, 5.74) is 11.1. The largest absolute Gasteiger partial charge is 0.481 e. The molecule has 1 amide bonds. The second-order valence-electron chi connectivity index (χ2n) is 7.37. The number of aliphatic imine (C=N–C) groups is 1. The summed E-state index contributed by atoms with van der Waals surface area (Å²) < 4.78 is 36.8. The van der Waals surface area contributed by atoms with Crippen LogP contribution in [0, 0.1) is 5.92 Å². The maximum absolute atomic E-state index is 11.5. The Morgan fingerprint density at radius 1 is 1.19 bits per heavy atom. The number of carbonyl (C=O) groups is 1. The number of carbonyl (C=O) groups excluding carboxylic acids is 1. The fourth-order valence-electron chi connectivity index (χ4n) is 3.14. The number of anilines is 1. The third kappa shape index (κ3) is 6.98. The molecule has 0 aliphatic carbocycles. The Labute approximate surface area is 202 Å². The number of allylic oxidation sites excluding steroid dienone is 1. The Morgan fingerprint density at radius 3 is 2.50 bits per heavy atom. The standard InChI is InChI=1S/C10H15N5O10P2.C6H8N2O/c11-8-5-9(13-2-12-8)15(3-14-5)10-7(17)6(16)4(24-10)1-23-27(21,22)25-26(18,19)20;7-6(9)5-2-1-3-8-4-5/h2-4,6-7,10,16-17H,1H2,(H,21,22)(H2,11,12,13)(H2,18,19,20);1-3,5H,4H2,(H2,7,9)/t4-,6-,7-,10-;/m1./s1. The van der Waals surface area contributed by atoms with Crippen LogP contribution in [-0.2, 0) is 27.5 Å². The maximum Gasteiger partial charge on any atom is 0.481 e. The number of ether oxygens (including phenoxy) is 1. The molecule has 6 atom stereocenters. The number of phosphoric acid groups is 2. The van der Waals surface area contributed by atoms with Crippen molar-refractivity contribution in [2.45, 2.75) is 24.5 Å². The van der Waals surface area contributed by atoms with Gasteiger partial charge in [-0.1, -0.05) is 6.08 Å². The summed E-state index contributed by atoms with van der Waals surface area (Å²) in [5.74, 6) is -0.402. The number of hydrogen-bond donors (Lipinski definition) is 7. The highest BCUT2D eigenvalue weighted by Crippen LogP contribution is 2.57. The van der Waals surface area contributed by atoms with Crippen LogP contribution in [-0.4, -0.2) is 88.0 Å². The molecule has 198 valence electrons. The van der Waals surface area contributed by atoms with Crippen LogP contribution in [0.1, 0.15) is 6.23 Å². The molecule has 2 aromatic rings. The molecule has 20 heteroatoms. The Bertz CT molecular complexity index is 1250. The number of nitrogens with two attached hydrogens (primary N) is 2. The van der Waals surface area contributed by atoms with Crippen LogP contribution in [0.2, 0.25) is 0 Å². The molecule has 36 heavy (non-hydrogen) atoms. The lowest BCUT2D eigenvalue weighted by atomic mass is 10.1. The van der Waals surface area contributed by atoms with E-state index in [1.807, 2.05) is 0 Å². The normalized spacial score (nSPS) is 27.4. The summed E-state index contributed by atoms with van der Waals surface area (Å²) in [4.78, 5) is 52.4. The van der Waals surface area contributed by atoms with E-state index in [2.05, 4.69) is 28.8 Å².